The fourth-order valence-electron chi connectivity index (χ4n) is 4.67. The Morgan fingerprint density at radius 2 is 1.83 bits per heavy atom. The summed E-state index contributed by atoms with van der Waals surface area (Å²) in [6, 6.07) is 7.27. The summed E-state index contributed by atoms with van der Waals surface area (Å²) in [5.41, 5.74) is 0.675. The van der Waals surface area contributed by atoms with Gasteiger partial charge in [0.15, 0.2) is 11.6 Å². The molecule has 0 amide bonds. The standard InChI is InChI=1S/C26H23F3N6/c1-3-15-6-8-35(9-7-15)21-13-31-25(24(33-21)16-4-5-17(12-30)19(27)10-16)18-11-20-26(23(29)22(18)28)34(2)14-32-20/h4-5,10-11,13-15H,3,6-9H2,1-2H3. The minimum Gasteiger partial charge on any atom is -0.355 e. The number of imidazole rings is 1. The second-order valence-corrected chi connectivity index (χ2v) is 8.85. The number of aromatic nitrogens is 4. The molecule has 1 fully saturated rings. The van der Waals surface area contributed by atoms with E-state index in [1.54, 1.807) is 19.3 Å². The number of fused-ring (bicyclic) bond motifs is 1. The van der Waals surface area contributed by atoms with Crippen LogP contribution in [0.4, 0.5) is 19.0 Å². The topological polar surface area (TPSA) is 70.6 Å². The molecule has 6 nitrogen and oxygen atoms in total. The first kappa shape index (κ1) is 22.8. The third-order valence-corrected chi connectivity index (χ3v) is 6.78. The summed E-state index contributed by atoms with van der Waals surface area (Å²) >= 11 is 0. The largest absolute Gasteiger partial charge is 0.355 e. The van der Waals surface area contributed by atoms with Gasteiger partial charge in [0, 0.05) is 31.3 Å². The molecule has 178 valence electrons. The third-order valence-electron chi connectivity index (χ3n) is 6.78. The average molecular weight is 477 g/mol. The van der Waals surface area contributed by atoms with Crippen LogP contribution in [-0.4, -0.2) is 32.6 Å². The Balaban J connectivity index is 1.68. The van der Waals surface area contributed by atoms with Crippen LogP contribution in [-0.2, 0) is 7.05 Å². The van der Waals surface area contributed by atoms with Crippen LogP contribution >= 0.6 is 0 Å². The summed E-state index contributed by atoms with van der Waals surface area (Å²) < 4.78 is 46.2. The predicted molar refractivity (Wildman–Crippen MR) is 127 cm³/mol. The fraction of sp³-hybridized carbons (Fsp3) is 0.308. The lowest BCUT2D eigenvalue weighted by Crippen LogP contribution is -2.34. The zero-order valence-electron chi connectivity index (χ0n) is 19.4. The Kier molecular flexibility index (Phi) is 5.89. The van der Waals surface area contributed by atoms with E-state index in [1.165, 1.54) is 35.2 Å². The van der Waals surface area contributed by atoms with Crippen molar-refractivity contribution in [1.82, 2.24) is 19.5 Å². The van der Waals surface area contributed by atoms with E-state index < -0.39 is 17.5 Å². The summed E-state index contributed by atoms with van der Waals surface area (Å²) in [6.07, 6.45) is 6.12. The minimum atomic E-state index is -1.08. The summed E-state index contributed by atoms with van der Waals surface area (Å²) in [7, 11) is 1.58. The van der Waals surface area contributed by atoms with Gasteiger partial charge in [0.25, 0.3) is 0 Å². The number of nitrogens with zero attached hydrogens (tertiary/aromatic N) is 6. The summed E-state index contributed by atoms with van der Waals surface area (Å²) in [5, 5.41) is 9.11. The van der Waals surface area contributed by atoms with Crippen molar-refractivity contribution in [2.75, 3.05) is 18.0 Å². The van der Waals surface area contributed by atoms with Crippen LogP contribution < -0.4 is 4.90 Å². The molecule has 9 heteroatoms. The monoisotopic (exact) mass is 476 g/mol. The SMILES string of the molecule is CCC1CCN(c2cnc(-c3cc4ncn(C)c4c(F)c3F)c(-c3ccc(C#N)c(F)c3)n2)CC1. The highest BCUT2D eigenvalue weighted by Crippen LogP contribution is 2.36. The maximum absolute atomic E-state index is 15.3. The fourth-order valence-corrected chi connectivity index (χ4v) is 4.67. The second-order valence-electron chi connectivity index (χ2n) is 8.85. The van der Waals surface area contributed by atoms with Crippen LogP contribution in [0.25, 0.3) is 33.5 Å². The number of hydrogen-bond acceptors (Lipinski definition) is 5. The third kappa shape index (κ3) is 3.99. The van der Waals surface area contributed by atoms with Crippen molar-refractivity contribution in [1.29, 1.82) is 5.26 Å². The second kappa shape index (κ2) is 9.02. The Morgan fingerprint density at radius 3 is 2.51 bits per heavy atom. The molecule has 2 aromatic heterocycles. The minimum absolute atomic E-state index is 0.0422. The zero-order valence-corrected chi connectivity index (χ0v) is 19.4. The van der Waals surface area contributed by atoms with E-state index in [4.69, 9.17) is 10.2 Å². The molecule has 0 bridgehead atoms. The van der Waals surface area contributed by atoms with Crippen molar-refractivity contribution in [2.24, 2.45) is 13.0 Å². The van der Waals surface area contributed by atoms with Crippen LogP contribution in [0.1, 0.15) is 31.7 Å². The van der Waals surface area contributed by atoms with E-state index in [-0.39, 0.29) is 33.5 Å². The van der Waals surface area contributed by atoms with Crippen LogP contribution in [0.5, 0.6) is 0 Å². The van der Waals surface area contributed by atoms with E-state index in [1.807, 2.05) is 0 Å². The highest BCUT2D eigenvalue weighted by molar-refractivity contribution is 5.87. The molecule has 0 radical (unpaired) electrons. The van der Waals surface area contributed by atoms with Gasteiger partial charge in [-0.05, 0) is 37.0 Å². The van der Waals surface area contributed by atoms with Gasteiger partial charge in [0.2, 0.25) is 0 Å². The molecular formula is C26H23F3N6. The Labute approximate surface area is 200 Å². The Hall–Kier alpha value is -3.93. The van der Waals surface area contributed by atoms with Gasteiger partial charge in [0.05, 0.1) is 35.0 Å². The predicted octanol–water partition coefficient (Wildman–Crippen LogP) is 5.61. The quantitative estimate of drug-likeness (QED) is 0.383. The van der Waals surface area contributed by atoms with Crippen molar-refractivity contribution in [2.45, 2.75) is 26.2 Å². The number of anilines is 1. The summed E-state index contributed by atoms with van der Waals surface area (Å²) in [6.45, 7) is 3.78. The molecule has 0 unspecified atom stereocenters. The molecule has 3 heterocycles. The molecule has 0 spiro atoms. The molecule has 2 aromatic carbocycles. The maximum atomic E-state index is 15.3. The summed E-state index contributed by atoms with van der Waals surface area (Å²) in [5.74, 6) is -1.60. The van der Waals surface area contributed by atoms with Gasteiger partial charge in [-0.25, -0.2) is 28.1 Å². The van der Waals surface area contributed by atoms with Crippen molar-refractivity contribution in [3.63, 3.8) is 0 Å². The van der Waals surface area contributed by atoms with Gasteiger partial charge in [-0.3, -0.25) is 0 Å². The lowest BCUT2D eigenvalue weighted by atomic mass is 9.94. The van der Waals surface area contributed by atoms with Crippen LogP contribution in [0.3, 0.4) is 0 Å². The number of rotatable bonds is 4. The van der Waals surface area contributed by atoms with E-state index in [0.29, 0.717) is 17.3 Å². The van der Waals surface area contributed by atoms with Crippen LogP contribution in [0.2, 0.25) is 0 Å². The van der Waals surface area contributed by atoms with Gasteiger partial charge >= 0.3 is 0 Å². The molecule has 0 atom stereocenters. The molecular weight excluding hydrogens is 453 g/mol. The molecule has 5 rings (SSSR count). The molecule has 4 aromatic rings. The van der Waals surface area contributed by atoms with Crippen LogP contribution in [0.15, 0.2) is 36.8 Å². The lowest BCUT2D eigenvalue weighted by molar-refractivity contribution is 0.393. The van der Waals surface area contributed by atoms with Crippen molar-refractivity contribution in [3.05, 3.63) is 59.8 Å². The lowest BCUT2D eigenvalue weighted by Gasteiger charge is -2.32. The van der Waals surface area contributed by atoms with E-state index in [0.717, 1.165) is 32.4 Å². The molecule has 35 heavy (non-hydrogen) atoms. The van der Waals surface area contributed by atoms with Gasteiger partial charge < -0.3 is 9.47 Å². The molecule has 0 aliphatic carbocycles. The van der Waals surface area contributed by atoms with Gasteiger partial charge in [-0.15, -0.1) is 0 Å². The van der Waals surface area contributed by atoms with Crippen molar-refractivity contribution in [3.8, 4) is 28.6 Å². The Bertz CT molecular complexity index is 1460. The molecule has 0 saturated carbocycles. The van der Waals surface area contributed by atoms with E-state index >= 15 is 4.39 Å². The number of halogens is 3. The zero-order chi connectivity index (χ0) is 24.7. The summed E-state index contributed by atoms with van der Waals surface area (Å²) in [4.78, 5) is 15.5. The number of nitriles is 1. The molecule has 1 aliphatic heterocycles. The van der Waals surface area contributed by atoms with Crippen molar-refractivity contribution < 1.29 is 13.2 Å². The highest BCUT2D eigenvalue weighted by Gasteiger charge is 2.25. The number of benzene rings is 2. The van der Waals surface area contributed by atoms with E-state index in [2.05, 4.69) is 21.8 Å². The van der Waals surface area contributed by atoms with E-state index in [9.17, 15) is 8.78 Å². The number of hydrogen-bond donors (Lipinski definition) is 0. The number of piperidine rings is 1. The highest BCUT2D eigenvalue weighted by atomic mass is 19.2. The van der Waals surface area contributed by atoms with Gasteiger partial charge in [-0.1, -0.05) is 19.4 Å². The van der Waals surface area contributed by atoms with Gasteiger partial charge in [0.1, 0.15) is 23.2 Å². The maximum Gasteiger partial charge on any atom is 0.185 e. The molecule has 1 aliphatic rings. The Morgan fingerprint density at radius 1 is 1.06 bits per heavy atom. The first-order valence-corrected chi connectivity index (χ1v) is 11.5. The normalized spacial score (nSPS) is 14.5. The first-order valence-electron chi connectivity index (χ1n) is 11.5. The molecule has 0 N–H and O–H groups in total. The smallest absolute Gasteiger partial charge is 0.185 e. The van der Waals surface area contributed by atoms with Crippen molar-refractivity contribution >= 4 is 16.9 Å². The number of aryl methyl sites for hydroxylation is 1. The molecule has 1 saturated heterocycles. The first-order chi connectivity index (χ1) is 16.9. The average Bonchev–Trinajstić information content (AvgIpc) is 3.26. The van der Waals surface area contributed by atoms with Gasteiger partial charge in [-0.2, -0.15) is 5.26 Å². The van der Waals surface area contributed by atoms with Crippen LogP contribution in [0, 0.1) is 34.7 Å².